The maximum atomic E-state index is 3.99. The van der Waals surface area contributed by atoms with E-state index in [0.717, 1.165) is 0 Å². The van der Waals surface area contributed by atoms with Crippen LogP contribution in [0, 0.1) is 12.8 Å². The van der Waals surface area contributed by atoms with Gasteiger partial charge in [0, 0.05) is 0 Å². The van der Waals surface area contributed by atoms with Gasteiger partial charge in [-0.15, -0.1) is 0 Å². The zero-order chi connectivity index (χ0) is 7.11. The Hall–Kier alpha value is -0.260. The zero-order valence-electron chi connectivity index (χ0n) is 6.56. The predicted molar refractivity (Wildman–Crippen MR) is 43.2 cm³/mol. The molecule has 0 saturated heterocycles. The van der Waals surface area contributed by atoms with Crippen LogP contribution in [-0.4, -0.2) is 0 Å². The number of hydrogen-bond donors (Lipinski definition) is 0. The molecule has 0 aromatic carbocycles. The second-order valence-electron chi connectivity index (χ2n) is 2.42. The van der Waals surface area contributed by atoms with Crippen molar-refractivity contribution in [3.63, 3.8) is 0 Å². The first-order valence-electron chi connectivity index (χ1n) is 3.75. The minimum absolute atomic E-state index is 0.654. The van der Waals surface area contributed by atoms with Crippen molar-refractivity contribution in [3.8, 4) is 0 Å². The summed E-state index contributed by atoms with van der Waals surface area (Å²) in [6, 6.07) is 0. The van der Waals surface area contributed by atoms with Crippen molar-refractivity contribution in [2.45, 2.75) is 33.1 Å². The van der Waals surface area contributed by atoms with Gasteiger partial charge in [0.25, 0.3) is 0 Å². The van der Waals surface area contributed by atoms with Gasteiger partial charge in [-0.1, -0.05) is 32.4 Å². The van der Waals surface area contributed by atoms with E-state index in [1.807, 2.05) is 0 Å². The van der Waals surface area contributed by atoms with Crippen LogP contribution in [0.3, 0.4) is 0 Å². The molecule has 0 heterocycles. The van der Waals surface area contributed by atoms with E-state index in [1.54, 1.807) is 0 Å². The van der Waals surface area contributed by atoms with Crippen LogP contribution < -0.4 is 0 Å². The first-order valence-corrected chi connectivity index (χ1v) is 3.75. The fourth-order valence-electron chi connectivity index (χ4n) is 0.703. The van der Waals surface area contributed by atoms with E-state index < -0.39 is 0 Å². The highest BCUT2D eigenvalue weighted by Gasteiger charge is 1.94. The Labute approximate surface area is 59.0 Å². The lowest BCUT2D eigenvalue weighted by atomic mass is 10.0. The van der Waals surface area contributed by atoms with E-state index in [1.165, 1.54) is 19.3 Å². The van der Waals surface area contributed by atoms with Crippen LogP contribution in [0.5, 0.6) is 0 Å². The lowest BCUT2D eigenvalue weighted by molar-refractivity contribution is 0.575. The van der Waals surface area contributed by atoms with E-state index in [9.17, 15) is 0 Å². The first kappa shape index (κ1) is 8.74. The molecule has 0 heteroatoms. The minimum Gasteiger partial charge on any atom is -0.0917 e. The average Bonchev–Trinajstić information content (AvgIpc) is 1.89. The van der Waals surface area contributed by atoms with E-state index in [2.05, 4.69) is 32.9 Å². The topological polar surface area (TPSA) is 0 Å². The summed E-state index contributed by atoms with van der Waals surface area (Å²) < 4.78 is 0. The van der Waals surface area contributed by atoms with Crippen molar-refractivity contribution in [3.05, 3.63) is 19.1 Å². The molecule has 0 aromatic heterocycles. The maximum absolute atomic E-state index is 3.99. The summed E-state index contributed by atoms with van der Waals surface area (Å²) in [6.07, 6.45) is 7.94. The Morgan fingerprint density at radius 2 is 2.22 bits per heavy atom. The molecule has 0 spiro atoms. The van der Waals surface area contributed by atoms with Gasteiger partial charge in [0.2, 0.25) is 0 Å². The Morgan fingerprint density at radius 1 is 1.56 bits per heavy atom. The van der Waals surface area contributed by atoms with Crippen molar-refractivity contribution < 1.29 is 0 Å². The molecular formula is C9H17. The van der Waals surface area contributed by atoms with Crippen molar-refractivity contribution in [1.82, 2.24) is 0 Å². The second-order valence-corrected chi connectivity index (χ2v) is 2.42. The molecule has 0 aromatic rings. The highest BCUT2D eigenvalue weighted by molar-refractivity contribution is 4.77. The Morgan fingerprint density at radius 3 is 2.67 bits per heavy atom. The predicted octanol–water partition coefficient (Wildman–Crippen LogP) is 3.20. The first-order chi connectivity index (χ1) is 4.31. The monoisotopic (exact) mass is 125 g/mol. The molecule has 0 amide bonds. The molecule has 1 atom stereocenters. The second kappa shape index (κ2) is 5.87. The van der Waals surface area contributed by atoms with Crippen LogP contribution in [0.25, 0.3) is 0 Å². The largest absolute Gasteiger partial charge is 0.0917 e. The number of allylic oxidation sites excluding steroid dienone is 2. The number of hydrogen-bond acceptors (Lipinski definition) is 0. The van der Waals surface area contributed by atoms with Crippen molar-refractivity contribution >= 4 is 0 Å². The fraction of sp³-hybridized carbons (Fsp3) is 0.667. The summed E-state index contributed by atoms with van der Waals surface area (Å²) in [4.78, 5) is 0. The van der Waals surface area contributed by atoms with Crippen LogP contribution >= 0.6 is 0 Å². The van der Waals surface area contributed by atoms with E-state index >= 15 is 0 Å². The molecular weight excluding hydrogens is 108 g/mol. The van der Waals surface area contributed by atoms with Crippen molar-refractivity contribution in [2.24, 2.45) is 5.92 Å². The molecule has 9 heavy (non-hydrogen) atoms. The Kier molecular flexibility index (Phi) is 5.70. The Bertz CT molecular complexity index is 72.1. The van der Waals surface area contributed by atoms with Crippen LogP contribution in [0.15, 0.2) is 12.2 Å². The van der Waals surface area contributed by atoms with Gasteiger partial charge < -0.3 is 0 Å². The molecule has 0 fully saturated rings. The molecule has 1 radical (unpaired) electrons. The molecule has 0 bridgehead atoms. The van der Waals surface area contributed by atoms with E-state index in [4.69, 9.17) is 0 Å². The normalized spacial score (nSPS) is 14.6. The molecule has 53 valence electrons. The van der Waals surface area contributed by atoms with Crippen LogP contribution in [0.4, 0.5) is 0 Å². The van der Waals surface area contributed by atoms with Crippen LogP contribution in [0.1, 0.15) is 33.1 Å². The summed E-state index contributed by atoms with van der Waals surface area (Å²) in [7, 11) is 0. The molecule has 0 aliphatic heterocycles. The number of rotatable bonds is 4. The van der Waals surface area contributed by atoms with Gasteiger partial charge in [-0.3, -0.25) is 0 Å². The summed E-state index contributed by atoms with van der Waals surface area (Å²) >= 11 is 0. The highest BCUT2D eigenvalue weighted by Crippen LogP contribution is 2.08. The van der Waals surface area contributed by atoms with Crippen LogP contribution in [0.2, 0.25) is 0 Å². The third-order valence-electron chi connectivity index (χ3n) is 1.55. The average molecular weight is 125 g/mol. The molecule has 0 nitrogen and oxygen atoms in total. The molecule has 0 aliphatic carbocycles. The van der Waals surface area contributed by atoms with Gasteiger partial charge in [0.1, 0.15) is 0 Å². The molecule has 1 unspecified atom stereocenters. The van der Waals surface area contributed by atoms with Gasteiger partial charge in [-0.25, -0.2) is 0 Å². The SMILES string of the molecule is [CH2]C(CC)CC/C=C/C. The Balaban J connectivity index is 3.06. The van der Waals surface area contributed by atoms with Gasteiger partial charge in [0.05, 0.1) is 0 Å². The lowest BCUT2D eigenvalue weighted by Crippen LogP contribution is -1.89. The van der Waals surface area contributed by atoms with Crippen LogP contribution in [-0.2, 0) is 0 Å². The molecule has 0 aliphatic rings. The van der Waals surface area contributed by atoms with Crippen molar-refractivity contribution in [2.75, 3.05) is 0 Å². The third kappa shape index (κ3) is 5.61. The molecule has 0 N–H and O–H groups in total. The third-order valence-corrected chi connectivity index (χ3v) is 1.55. The standard InChI is InChI=1S/C9H17/c1-4-6-7-8-9(3)5-2/h4,6,9H,3,5,7-8H2,1-2H3/b6-4+. The summed E-state index contributed by atoms with van der Waals surface area (Å²) in [5.74, 6) is 0.654. The minimum atomic E-state index is 0.654. The zero-order valence-corrected chi connectivity index (χ0v) is 6.56. The molecule has 0 rings (SSSR count). The fourth-order valence-corrected chi connectivity index (χ4v) is 0.703. The summed E-state index contributed by atoms with van der Waals surface area (Å²) in [5, 5.41) is 0. The van der Waals surface area contributed by atoms with Gasteiger partial charge >= 0.3 is 0 Å². The maximum Gasteiger partial charge on any atom is -0.0348 e. The quantitative estimate of drug-likeness (QED) is 0.506. The van der Waals surface area contributed by atoms with Gasteiger partial charge in [-0.05, 0) is 25.7 Å². The van der Waals surface area contributed by atoms with Gasteiger partial charge in [0.15, 0.2) is 0 Å². The van der Waals surface area contributed by atoms with Crippen molar-refractivity contribution in [1.29, 1.82) is 0 Å². The summed E-state index contributed by atoms with van der Waals surface area (Å²) in [6.45, 7) is 8.24. The van der Waals surface area contributed by atoms with E-state index in [-0.39, 0.29) is 0 Å². The van der Waals surface area contributed by atoms with Gasteiger partial charge in [-0.2, -0.15) is 0 Å². The molecule has 0 saturated carbocycles. The smallest absolute Gasteiger partial charge is 0.0348 e. The lowest BCUT2D eigenvalue weighted by Gasteiger charge is -2.03. The summed E-state index contributed by atoms with van der Waals surface area (Å²) in [5.41, 5.74) is 0. The highest BCUT2D eigenvalue weighted by atomic mass is 14.0. The van der Waals surface area contributed by atoms with E-state index in [0.29, 0.717) is 5.92 Å².